The zero-order valence-corrected chi connectivity index (χ0v) is 11.4. The van der Waals surface area contributed by atoms with Gasteiger partial charge in [0.2, 0.25) is 0 Å². The lowest BCUT2D eigenvalue weighted by molar-refractivity contribution is 0.255. The van der Waals surface area contributed by atoms with Crippen molar-refractivity contribution in [1.82, 2.24) is 15.3 Å². The van der Waals surface area contributed by atoms with Crippen molar-refractivity contribution < 1.29 is 0 Å². The minimum atomic E-state index is 0.333. The first-order valence-corrected chi connectivity index (χ1v) is 6.64. The molecule has 1 aliphatic carbocycles. The molecule has 3 nitrogen and oxygen atoms in total. The Hall–Kier alpha value is -0.960. The van der Waals surface area contributed by atoms with E-state index in [9.17, 15) is 0 Å². The molecule has 0 aliphatic heterocycles. The van der Waals surface area contributed by atoms with Gasteiger partial charge in [0.15, 0.2) is 0 Å². The fraction of sp³-hybridized carbons (Fsp3) is 0.714. The topological polar surface area (TPSA) is 37.8 Å². The summed E-state index contributed by atoms with van der Waals surface area (Å²) in [6.45, 7) is 9.91. The van der Waals surface area contributed by atoms with Crippen LogP contribution in [0, 0.1) is 5.41 Å². The molecular weight excluding hydrogens is 210 g/mol. The normalized spacial score (nSPS) is 22.2. The molecule has 0 fully saturated rings. The number of fused-ring (bicyclic) bond motifs is 1. The zero-order chi connectivity index (χ0) is 12.5. The van der Waals surface area contributed by atoms with Crippen molar-refractivity contribution in [3.8, 4) is 0 Å². The molecule has 17 heavy (non-hydrogen) atoms. The monoisotopic (exact) mass is 233 g/mol. The second kappa shape index (κ2) is 4.73. The molecular formula is C14H23N3. The molecule has 0 amide bonds. The Kier molecular flexibility index (Phi) is 3.48. The highest BCUT2D eigenvalue weighted by Crippen LogP contribution is 2.39. The highest BCUT2D eigenvalue weighted by molar-refractivity contribution is 5.26. The van der Waals surface area contributed by atoms with Gasteiger partial charge in [0, 0.05) is 29.9 Å². The van der Waals surface area contributed by atoms with Crippen LogP contribution in [0.5, 0.6) is 0 Å². The number of nitrogens with one attached hydrogen (secondary N) is 1. The Morgan fingerprint density at radius 1 is 1.41 bits per heavy atom. The zero-order valence-electron chi connectivity index (χ0n) is 11.4. The maximum atomic E-state index is 4.71. The van der Waals surface area contributed by atoms with Gasteiger partial charge in [-0.3, -0.25) is 0 Å². The van der Waals surface area contributed by atoms with E-state index in [2.05, 4.69) is 38.0 Å². The van der Waals surface area contributed by atoms with Gasteiger partial charge in [0.05, 0.1) is 0 Å². The molecule has 0 aromatic carbocycles. The molecule has 1 aliphatic rings. The van der Waals surface area contributed by atoms with Crippen LogP contribution in [0.3, 0.4) is 0 Å². The lowest BCUT2D eigenvalue weighted by Crippen LogP contribution is -2.34. The van der Waals surface area contributed by atoms with Crippen molar-refractivity contribution in [2.45, 2.75) is 53.0 Å². The van der Waals surface area contributed by atoms with Crippen molar-refractivity contribution >= 4 is 0 Å². The third-order valence-corrected chi connectivity index (χ3v) is 3.49. The molecule has 0 saturated carbocycles. The molecule has 0 radical (unpaired) electrons. The maximum absolute atomic E-state index is 4.71. The Bertz CT molecular complexity index is 398. The Morgan fingerprint density at radius 2 is 2.18 bits per heavy atom. The molecule has 1 aromatic rings. The molecule has 0 bridgehead atoms. The number of aryl methyl sites for hydroxylation is 1. The van der Waals surface area contributed by atoms with Gasteiger partial charge in [-0.05, 0) is 24.8 Å². The van der Waals surface area contributed by atoms with Gasteiger partial charge in [-0.15, -0.1) is 0 Å². The average Bonchev–Trinajstić information content (AvgIpc) is 2.27. The molecule has 3 heteroatoms. The van der Waals surface area contributed by atoms with Gasteiger partial charge in [0.25, 0.3) is 0 Å². The second-order valence-corrected chi connectivity index (χ2v) is 5.70. The van der Waals surface area contributed by atoms with Crippen molar-refractivity contribution in [1.29, 1.82) is 0 Å². The minimum absolute atomic E-state index is 0.333. The molecule has 1 heterocycles. The summed E-state index contributed by atoms with van der Waals surface area (Å²) in [6, 6.07) is 0.421. The fourth-order valence-electron chi connectivity index (χ4n) is 2.69. The van der Waals surface area contributed by atoms with Crippen LogP contribution in [0.4, 0.5) is 0 Å². The van der Waals surface area contributed by atoms with Crippen molar-refractivity contribution in [2.24, 2.45) is 5.41 Å². The molecule has 2 rings (SSSR count). The van der Waals surface area contributed by atoms with E-state index in [0.717, 1.165) is 25.2 Å². The highest BCUT2D eigenvalue weighted by atomic mass is 14.9. The Balaban J connectivity index is 2.37. The van der Waals surface area contributed by atoms with Crippen LogP contribution in [-0.2, 0) is 12.8 Å². The molecule has 1 N–H and O–H groups in total. The lowest BCUT2D eigenvalue weighted by atomic mass is 9.74. The third kappa shape index (κ3) is 2.65. The van der Waals surface area contributed by atoms with E-state index in [0.29, 0.717) is 11.5 Å². The molecule has 0 saturated heterocycles. The smallest absolute Gasteiger partial charge is 0.128 e. The van der Waals surface area contributed by atoms with Gasteiger partial charge in [-0.2, -0.15) is 0 Å². The van der Waals surface area contributed by atoms with E-state index in [1.807, 2.05) is 6.20 Å². The Labute approximate surface area is 104 Å². The number of aromatic nitrogens is 2. The van der Waals surface area contributed by atoms with E-state index < -0.39 is 0 Å². The summed E-state index contributed by atoms with van der Waals surface area (Å²) in [5.41, 5.74) is 2.89. The highest BCUT2D eigenvalue weighted by Gasteiger charge is 2.32. The standard InChI is InChI=1S/C14H23N3/c1-5-13-16-9-10-11(15-6-2)7-14(3,4)8-12(10)17-13/h9,11,15H,5-8H2,1-4H3. The predicted octanol–water partition coefficient (Wildman–Crippen LogP) is 2.66. The number of hydrogen-bond acceptors (Lipinski definition) is 3. The van der Waals surface area contributed by atoms with E-state index in [4.69, 9.17) is 4.98 Å². The molecule has 0 spiro atoms. The van der Waals surface area contributed by atoms with Gasteiger partial charge in [-0.1, -0.05) is 27.7 Å². The predicted molar refractivity (Wildman–Crippen MR) is 69.9 cm³/mol. The van der Waals surface area contributed by atoms with Crippen LogP contribution in [0.15, 0.2) is 6.20 Å². The number of rotatable bonds is 3. The summed E-state index contributed by atoms with van der Waals surface area (Å²) in [5, 5.41) is 3.55. The minimum Gasteiger partial charge on any atom is -0.310 e. The quantitative estimate of drug-likeness (QED) is 0.872. The molecule has 1 aromatic heterocycles. The first-order chi connectivity index (χ1) is 8.05. The summed E-state index contributed by atoms with van der Waals surface area (Å²) in [7, 11) is 0. The van der Waals surface area contributed by atoms with Crippen molar-refractivity contribution in [3.05, 3.63) is 23.3 Å². The van der Waals surface area contributed by atoms with Crippen LogP contribution in [0.1, 0.15) is 57.2 Å². The summed E-state index contributed by atoms with van der Waals surface area (Å²) in [4.78, 5) is 9.15. The van der Waals surface area contributed by atoms with Gasteiger partial charge >= 0.3 is 0 Å². The van der Waals surface area contributed by atoms with Gasteiger partial charge < -0.3 is 5.32 Å². The van der Waals surface area contributed by atoms with Crippen LogP contribution in [-0.4, -0.2) is 16.5 Å². The van der Waals surface area contributed by atoms with Crippen LogP contribution in [0.2, 0.25) is 0 Å². The van der Waals surface area contributed by atoms with Crippen molar-refractivity contribution in [3.63, 3.8) is 0 Å². The largest absolute Gasteiger partial charge is 0.310 e. The molecule has 1 atom stereocenters. The van der Waals surface area contributed by atoms with Gasteiger partial charge in [0.1, 0.15) is 5.82 Å². The summed E-state index contributed by atoms with van der Waals surface area (Å²) in [5.74, 6) is 0.969. The SMILES string of the molecule is CCNC1CC(C)(C)Cc2nc(CC)ncc21. The molecule has 94 valence electrons. The van der Waals surface area contributed by atoms with Crippen LogP contribution < -0.4 is 5.32 Å². The first-order valence-electron chi connectivity index (χ1n) is 6.64. The number of hydrogen-bond donors (Lipinski definition) is 1. The van der Waals surface area contributed by atoms with Crippen LogP contribution in [0.25, 0.3) is 0 Å². The Morgan fingerprint density at radius 3 is 2.82 bits per heavy atom. The van der Waals surface area contributed by atoms with Crippen molar-refractivity contribution in [2.75, 3.05) is 6.54 Å². The summed E-state index contributed by atoms with van der Waals surface area (Å²) in [6.07, 6.45) is 5.19. The molecule has 1 unspecified atom stereocenters. The van der Waals surface area contributed by atoms with E-state index in [1.165, 1.54) is 17.7 Å². The third-order valence-electron chi connectivity index (χ3n) is 3.49. The van der Waals surface area contributed by atoms with E-state index >= 15 is 0 Å². The van der Waals surface area contributed by atoms with Gasteiger partial charge in [-0.25, -0.2) is 9.97 Å². The average molecular weight is 233 g/mol. The summed E-state index contributed by atoms with van der Waals surface area (Å²) < 4.78 is 0. The maximum Gasteiger partial charge on any atom is 0.128 e. The second-order valence-electron chi connectivity index (χ2n) is 5.70. The number of nitrogens with zero attached hydrogens (tertiary/aromatic N) is 2. The van der Waals surface area contributed by atoms with E-state index in [-0.39, 0.29) is 0 Å². The first kappa shape index (κ1) is 12.5. The lowest BCUT2D eigenvalue weighted by Gasteiger charge is -2.36. The fourth-order valence-corrected chi connectivity index (χ4v) is 2.69. The van der Waals surface area contributed by atoms with Crippen LogP contribution >= 0.6 is 0 Å². The van der Waals surface area contributed by atoms with E-state index in [1.54, 1.807) is 0 Å². The summed E-state index contributed by atoms with van der Waals surface area (Å²) >= 11 is 0.